The van der Waals surface area contributed by atoms with Crippen LogP contribution in [0.3, 0.4) is 0 Å². The summed E-state index contributed by atoms with van der Waals surface area (Å²) in [5, 5.41) is 8.01. The lowest BCUT2D eigenvalue weighted by atomic mass is 10.0. The van der Waals surface area contributed by atoms with Gasteiger partial charge in [0.1, 0.15) is 12.6 Å². The molecule has 1 aromatic carbocycles. The van der Waals surface area contributed by atoms with Gasteiger partial charge in [-0.05, 0) is 36.5 Å². The first-order valence-electron chi connectivity index (χ1n) is 16.5. The summed E-state index contributed by atoms with van der Waals surface area (Å²) in [5.74, 6) is -2.14. The van der Waals surface area contributed by atoms with Gasteiger partial charge in [-0.2, -0.15) is 0 Å². The standard InChI is InChI=1S/C34H52N6O8/c1-22(2)30(37-27(41)11-9-8-10-16-40-29(43)19-24(5)33(40)46)31(44)35-20-28(42)36-26-14-12-25(13-15-26)21-48-34(47)39(7)18-17-38(6)32(45)23(3)4/h12-15,22-24,30H,8-11,16-21H2,1-7H3,(H,35,44)(H,36,42)(H,37,41). The third kappa shape index (κ3) is 13.0. The highest BCUT2D eigenvalue weighted by atomic mass is 16.6. The maximum absolute atomic E-state index is 12.8. The van der Waals surface area contributed by atoms with Crippen LogP contribution in [0.25, 0.3) is 0 Å². The van der Waals surface area contributed by atoms with Crippen LogP contribution in [0, 0.1) is 17.8 Å². The van der Waals surface area contributed by atoms with Gasteiger partial charge >= 0.3 is 6.09 Å². The zero-order valence-electron chi connectivity index (χ0n) is 29.3. The molecule has 1 aromatic rings. The van der Waals surface area contributed by atoms with Crippen molar-refractivity contribution in [3.8, 4) is 0 Å². The monoisotopic (exact) mass is 672 g/mol. The molecule has 48 heavy (non-hydrogen) atoms. The van der Waals surface area contributed by atoms with Gasteiger partial charge in [0.15, 0.2) is 0 Å². The second kappa shape index (κ2) is 19.4. The fraction of sp³-hybridized carbons (Fsp3) is 0.618. The van der Waals surface area contributed by atoms with Crippen LogP contribution >= 0.6 is 0 Å². The topological polar surface area (TPSA) is 175 Å². The summed E-state index contributed by atoms with van der Waals surface area (Å²) in [7, 11) is 3.29. The molecule has 0 bridgehead atoms. The van der Waals surface area contributed by atoms with Crippen molar-refractivity contribution in [3.05, 3.63) is 29.8 Å². The molecule has 1 aliphatic heterocycles. The van der Waals surface area contributed by atoms with Crippen LogP contribution in [0.2, 0.25) is 0 Å². The molecule has 0 aliphatic carbocycles. The number of imide groups is 1. The molecule has 1 fully saturated rings. The predicted molar refractivity (Wildman–Crippen MR) is 179 cm³/mol. The Morgan fingerprint density at radius 1 is 0.917 bits per heavy atom. The Hall–Kier alpha value is -4.49. The highest BCUT2D eigenvalue weighted by molar-refractivity contribution is 6.03. The number of nitrogens with zero attached hydrogens (tertiary/aromatic N) is 3. The van der Waals surface area contributed by atoms with E-state index in [1.54, 1.807) is 64.0 Å². The Morgan fingerprint density at radius 2 is 1.56 bits per heavy atom. The van der Waals surface area contributed by atoms with Gasteiger partial charge in [-0.1, -0.05) is 53.2 Å². The van der Waals surface area contributed by atoms with E-state index in [2.05, 4.69) is 16.0 Å². The minimum Gasteiger partial charge on any atom is -0.445 e. The number of amides is 7. The van der Waals surface area contributed by atoms with Crippen molar-refractivity contribution in [1.82, 2.24) is 25.3 Å². The molecule has 0 aromatic heterocycles. The maximum Gasteiger partial charge on any atom is 0.409 e. The molecule has 0 spiro atoms. The number of anilines is 1. The third-order valence-electron chi connectivity index (χ3n) is 8.00. The van der Waals surface area contributed by atoms with Crippen molar-refractivity contribution in [2.45, 2.75) is 79.4 Å². The molecule has 2 atom stereocenters. The van der Waals surface area contributed by atoms with Crippen molar-refractivity contribution in [1.29, 1.82) is 0 Å². The Morgan fingerprint density at radius 3 is 2.15 bits per heavy atom. The molecule has 3 N–H and O–H groups in total. The lowest BCUT2D eigenvalue weighted by Crippen LogP contribution is -2.51. The van der Waals surface area contributed by atoms with E-state index in [1.807, 2.05) is 13.8 Å². The summed E-state index contributed by atoms with van der Waals surface area (Å²) >= 11 is 0. The van der Waals surface area contributed by atoms with Crippen molar-refractivity contribution in [3.63, 3.8) is 0 Å². The van der Waals surface area contributed by atoms with Crippen molar-refractivity contribution in [2.75, 3.05) is 45.6 Å². The minimum atomic E-state index is -0.823. The molecule has 1 heterocycles. The van der Waals surface area contributed by atoms with Crippen molar-refractivity contribution >= 4 is 47.2 Å². The Kier molecular flexibility index (Phi) is 16.0. The van der Waals surface area contributed by atoms with E-state index in [4.69, 9.17) is 4.74 Å². The van der Waals surface area contributed by atoms with Crippen LogP contribution in [0.1, 0.15) is 72.3 Å². The van der Waals surface area contributed by atoms with Crippen LogP contribution in [-0.4, -0.2) is 103 Å². The predicted octanol–water partition coefficient (Wildman–Crippen LogP) is 2.52. The zero-order chi connectivity index (χ0) is 36.0. The van der Waals surface area contributed by atoms with Crippen molar-refractivity contribution in [2.24, 2.45) is 17.8 Å². The largest absolute Gasteiger partial charge is 0.445 e. The third-order valence-corrected chi connectivity index (χ3v) is 8.00. The molecule has 2 unspecified atom stereocenters. The summed E-state index contributed by atoms with van der Waals surface area (Å²) in [6.07, 6.45) is 1.73. The smallest absolute Gasteiger partial charge is 0.409 e. The molecule has 266 valence electrons. The zero-order valence-corrected chi connectivity index (χ0v) is 29.3. The SMILES string of the molecule is CC(C)C(=O)N(C)CCN(C)C(=O)OCc1ccc(NC(=O)CNC(=O)C(NC(=O)CCCCCN2C(=O)CC(C)C2=O)C(C)C)cc1. The second-order valence-corrected chi connectivity index (χ2v) is 12.9. The number of hydrogen-bond acceptors (Lipinski definition) is 8. The van der Waals surface area contributed by atoms with Gasteiger partial charge in [0, 0.05) is 64.1 Å². The highest BCUT2D eigenvalue weighted by Gasteiger charge is 2.34. The van der Waals surface area contributed by atoms with Crippen LogP contribution in [-0.2, 0) is 40.1 Å². The number of nitrogens with one attached hydrogen (secondary N) is 3. The van der Waals surface area contributed by atoms with Crippen molar-refractivity contribution < 1.29 is 38.3 Å². The summed E-state index contributed by atoms with van der Waals surface area (Å²) in [6.45, 7) is 9.76. The van der Waals surface area contributed by atoms with Crippen LogP contribution in [0.4, 0.5) is 10.5 Å². The molecule has 0 saturated carbocycles. The molecular formula is C34H52N6O8. The van der Waals surface area contributed by atoms with Gasteiger partial charge < -0.3 is 30.5 Å². The Balaban J connectivity index is 1.69. The van der Waals surface area contributed by atoms with Gasteiger partial charge in [0.2, 0.25) is 35.4 Å². The van der Waals surface area contributed by atoms with E-state index in [-0.39, 0.29) is 67.4 Å². The van der Waals surface area contributed by atoms with E-state index < -0.39 is 23.9 Å². The number of unbranched alkanes of at least 4 members (excludes halogenated alkanes) is 2. The van der Waals surface area contributed by atoms with E-state index in [1.165, 1.54) is 9.80 Å². The maximum atomic E-state index is 12.8. The average Bonchev–Trinajstić information content (AvgIpc) is 3.28. The molecule has 1 saturated heterocycles. The lowest BCUT2D eigenvalue weighted by molar-refractivity contribution is -0.139. The van der Waals surface area contributed by atoms with E-state index >= 15 is 0 Å². The van der Waals surface area contributed by atoms with Crippen LogP contribution < -0.4 is 16.0 Å². The quantitative estimate of drug-likeness (QED) is 0.158. The molecule has 0 radical (unpaired) electrons. The first kappa shape index (κ1) is 39.7. The van der Waals surface area contributed by atoms with E-state index in [9.17, 15) is 33.6 Å². The van der Waals surface area contributed by atoms with E-state index in [0.29, 0.717) is 50.1 Å². The highest BCUT2D eigenvalue weighted by Crippen LogP contribution is 2.19. The fourth-order valence-electron chi connectivity index (χ4n) is 4.96. The normalized spacial score (nSPS) is 14.9. The van der Waals surface area contributed by atoms with E-state index in [0.717, 1.165) is 0 Å². The minimum absolute atomic E-state index is 0.00126. The number of likely N-dealkylation sites (N-methyl/N-ethyl adjacent to an activating group) is 2. The Bertz CT molecular complexity index is 1300. The first-order chi connectivity index (χ1) is 22.6. The van der Waals surface area contributed by atoms with Gasteiger partial charge in [-0.25, -0.2) is 4.79 Å². The van der Waals surface area contributed by atoms with Gasteiger partial charge in [0.25, 0.3) is 0 Å². The van der Waals surface area contributed by atoms with Gasteiger partial charge in [0.05, 0.1) is 6.54 Å². The van der Waals surface area contributed by atoms with Crippen LogP contribution in [0.15, 0.2) is 24.3 Å². The van der Waals surface area contributed by atoms with Gasteiger partial charge in [-0.3, -0.25) is 33.7 Å². The summed E-state index contributed by atoms with van der Waals surface area (Å²) in [6, 6.07) is 5.88. The molecule has 1 aliphatic rings. The number of carbonyl (C=O) groups excluding carboxylic acids is 7. The second-order valence-electron chi connectivity index (χ2n) is 12.9. The number of ether oxygens (including phenoxy) is 1. The number of hydrogen-bond donors (Lipinski definition) is 3. The summed E-state index contributed by atoms with van der Waals surface area (Å²) in [5.41, 5.74) is 1.19. The molecule has 2 rings (SSSR count). The average molecular weight is 673 g/mol. The number of likely N-dealkylation sites (tertiary alicyclic amines) is 1. The number of benzene rings is 1. The number of rotatable bonds is 18. The summed E-state index contributed by atoms with van der Waals surface area (Å²) in [4.78, 5) is 90.3. The Labute approximate surface area is 283 Å². The molecule has 14 heteroatoms. The number of carbonyl (C=O) groups is 7. The molecular weight excluding hydrogens is 620 g/mol. The molecule has 14 nitrogen and oxygen atoms in total. The van der Waals surface area contributed by atoms with Crippen LogP contribution in [0.5, 0.6) is 0 Å². The summed E-state index contributed by atoms with van der Waals surface area (Å²) < 4.78 is 5.34. The molecule has 7 amide bonds. The van der Waals surface area contributed by atoms with Gasteiger partial charge in [-0.15, -0.1) is 0 Å². The first-order valence-corrected chi connectivity index (χ1v) is 16.5. The lowest BCUT2D eigenvalue weighted by Gasteiger charge is -2.23. The fourth-order valence-corrected chi connectivity index (χ4v) is 4.96.